The molecule has 0 aliphatic carbocycles. The molecule has 2 atom stereocenters. The summed E-state index contributed by atoms with van der Waals surface area (Å²) in [6.07, 6.45) is -0.235. The van der Waals surface area contributed by atoms with Crippen molar-refractivity contribution in [2.75, 3.05) is 6.61 Å². The number of benzene rings is 1. The molecule has 2 rings (SSSR count). The smallest absolute Gasteiger partial charge is 0.305 e. The number of hydrogen-bond acceptors (Lipinski definition) is 4. The molecule has 1 aliphatic heterocycles. The first-order chi connectivity index (χ1) is 9.46. The van der Waals surface area contributed by atoms with Crippen LogP contribution in [0.25, 0.3) is 0 Å². The van der Waals surface area contributed by atoms with E-state index < -0.39 is 11.8 Å². The van der Waals surface area contributed by atoms with E-state index in [2.05, 4.69) is 5.32 Å². The lowest BCUT2D eigenvalue weighted by Gasteiger charge is -2.24. The summed E-state index contributed by atoms with van der Waals surface area (Å²) >= 11 is 0. The molecule has 110 valence electrons. The van der Waals surface area contributed by atoms with Crippen LogP contribution in [0, 0.1) is 0 Å². The van der Waals surface area contributed by atoms with Crippen molar-refractivity contribution in [2.45, 2.75) is 44.7 Å². The van der Waals surface area contributed by atoms with Crippen LogP contribution in [0.1, 0.15) is 25.8 Å². The van der Waals surface area contributed by atoms with Crippen LogP contribution < -0.4 is 5.32 Å². The van der Waals surface area contributed by atoms with Gasteiger partial charge in [-0.25, -0.2) is 0 Å². The van der Waals surface area contributed by atoms with Crippen molar-refractivity contribution >= 4 is 5.97 Å². The van der Waals surface area contributed by atoms with Gasteiger partial charge in [-0.15, -0.1) is 0 Å². The molecule has 0 saturated carbocycles. The van der Waals surface area contributed by atoms with Gasteiger partial charge in [0.25, 0.3) is 0 Å². The number of nitrogens with one attached hydrogen (secondary N) is 1. The zero-order valence-electron chi connectivity index (χ0n) is 11.8. The Bertz CT molecular complexity index is 446. The van der Waals surface area contributed by atoms with Crippen LogP contribution in [0.3, 0.4) is 0 Å². The molecule has 20 heavy (non-hydrogen) atoms. The van der Waals surface area contributed by atoms with Crippen molar-refractivity contribution < 1.29 is 19.4 Å². The fourth-order valence-electron chi connectivity index (χ4n) is 2.28. The predicted octanol–water partition coefficient (Wildman–Crippen LogP) is 1.77. The van der Waals surface area contributed by atoms with Gasteiger partial charge in [0, 0.05) is 12.6 Å². The summed E-state index contributed by atoms with van der Waals surface area (Å²) < 4.78 is 11.3. The predicted molar refractivity (Wildman–Crippen MR) is 74.2 cm³/mol. The van der Waals surface area contributed by atoms with E-state index in [1.807, 2.05) is 44.2 Å². The summed E-state index contributed by atoms with van der Waals surface area (Å²) in [6, 6.07) is 9.61. The van der Waals surface area contributed by atoms with Gasteiger partial charge in [-0.2, -0.15) is 0 Å². The summed E-state index contributed by atoms with van der Waals surface area (Å²) in [5, 5.41) is 12.3. The van der Waals surface area contributed by atoms with Gasteiger partial charge >= 0.3 is 5.97 Å². The van der Waals surface area contributed by atoms with Crippen LogP contribution in [0.5, 0.6) is 0 Å². The number of carboxylic acid groups (broad SMARTS) is 1. The van der Waals surface area contributed by atoms with Crippen LogP contribution in [0.15, 0.2) is 30.3 Å². The molecule has 5 nitrogen and oxygen atoms in total. The highest BCUT2D eigenvalue weighted by Crippen LogP contribution is 2.25. The van der Waals surface area contributed by atoms with Gasteiger partial charge in [0.05, 0.1) is 13.0 Å². The van der Waals surface area contributed by atoms with Crippen LogP contribution in [-0.2, 0) is 20.8 Å². The monoisotopic (exact) mass is 279 g/mol. The van der Waals surface area contributed by atoms with Gasteiger partial charge in [-0.3, -0.25) is 4.79 Å². The van der Waals surface area contributed by atoms with E-state index >= 15 is 0 Å². The molecule has 0 bridgehead atoms. The molecule has 1 saturated heterocycles. The second kappa shape index (κ2) is 6.35. The van der Waals surface area contributed by atoms with E-state index in [0.29, 0.717) is 13.2 Å². The molecule has 2 N–H and O–H groups in total. The molecule has 0 aromatic heterocycles. The highest BCUT2D eigenvalue weighted by molar-refractivity contribution is 5.67. The molecule has 0 unspecified atom stereocenters. The minimum atomic E-state index is -0.844. The third kappa shape index (κ3) is 4.30. The van der Waals surface area contributed by atoms with Gasteiger partial charge in [0.2, 0.25) is 0 Å². The van der Waals surface area contributed by atoms with Crippen LogP contribution in [-0.4, -0.2) is 35.6 Å². The largest absolute Gasteiger partial charge is 0.481 e. The maximum Gasteiger partial charge on any atom is 0.305 e. The molecular weight excluding hydrogens is 258 g/mol. The first-order valence-electron chi connectivity index (χ1n) is 6.77. The van der Waals surface area contributed by atoms with Gasteiger partial charge in [-0.1, -0.05) is 30.3 Å². The Morgan fingerprint density at radius 2 is 2.15 bits per heavy atom. The fraction of sp³-hybridized carbons (Fsp3) is 0.533. The average molecular weight is 279 g/mol. The van der Waals surface area contributed by atoms with Crippen molar-refractivity contribution in [2.24, 2.45) is 0 Å². The van der Waals surface area contributed by atoms with Crippen LogP contribution >= 0.6 is 0 Å². The Hall–Kier alpha value is -1.43. The lowest BCUT2D eigenvalue weighted by molar-refractivity contribution is -0.147. The molecule has 1 fully saturated rings. The fourth-order valence-corrected chi connectivity index (χ4v) is 2.28. The second-order valence-electron chi connectivity index (χ2n) is 5.44. The van der Waals surface area contributed by atoms with Gasteiger partial charge in [0.1, 0.15) is 6.10 Å². The van der Waals surface area contributed by atoms with Gasteiger partial charge in [-0.05, 0) is 19.4 Å². The molecule has 0 spiro atoms. The Balaban J connectivity index is 1.95. The second-order valence-corrected chi connectivity index (χ2v) is 5.44. The number of carboxylic acids is 1. The highest BCUT2D eigenvalue weighted by Gasteiger charge is 2.37. The number of hydrogen-bond donors (Lipinski definition) is 2. The molecule has 1 aliphatic rings. The summed E-state index contributed by atoms with van der Waals surface area (Å²) in [4.78, 5) is 11.0. The highest BCUT2D eigenvalue weighted by atomic mass is 16.7. The molecule has 1 aromatic rings. The van der Waals surface area contributed by atoms with Crippen molar-refractivity contribution in [1.29, 1.82) is 0 Å². The quantitative estimate of drug-likeness (QED) is 0.830. The Morgan fingerprint density at radius 1 is 1.45 bits per heavy atom. The van der Waals surface area contributed by atoms with E-state index in [0.717, 1.165) is 5.56 Å². The summed E-state index contributed by atoms with van der Waals surface area (Å²) in [5.74, 6) is -1.49. The van der Waals surface area contributed by atoms with E-state index in [9.17, 15) is 4.79 Å². The maximum atomic E-state index is 11.0. The number of carbonyl (C=O) groups is 1. The Labute approximate surface area is 118 Å². The van der Waals surface area contributed by atoms with Crippen LogP contribution in [0.2, 0.25) is 0 Å². The lowest BCUT2D eigenvalue weighted by Crippen LogP contribution is -2.43. The van der Waals surface area contributed by atoms with Crippen molar-refractivity contribution in [3.8, 4) is 0 Å². The normalized spacial score (nSPS) is 22.6. The zero-order valence-corrected chi connectivity index (χ0v) is 11.8. The summed E-state index contributed by atoms with van der Waals surface area (Å²) in [7, 11) is 0. The van der Waals surface area contributed by atoms with Crippen molar-refractivity contribution in [3.05, 3.63) is 35.9 Å². The van der Waals surface area contributed by atoms with Gasteiger partial charge < -0.3 is 19.9 Å². The molecular formula is C15H21NO4. The molecule has 0 amide bonds. The third-order valence-electron chi connectivity index (χ3n) is 3.28. The Morgan fingerprint density at radius 3 is 2.70 bits per heavy atom. The SMILES string of the molecule is CC1(C)OC[C@H]([C@@H](CC(=O)O)NCc2ccccc2)O1. The van der Waals surface area contributed by atoms with Crippen LogP contribution in [0.4, 0.5) is 0 Å². The molecule has 1 heterocycles. The van der Waals surface area contributed by atoms with E-state index in [1.165, 1.54) is 0 Å². The van der Waals surface area contributed by atoms with E-state index in [-0.39, 0.29) is 18.6 Å². The summed E-state index contributed by atoms with van der Waals surface area (Å²) in [6.45, 7) is 4.69. The van der Waals surface area contributed by atoms with Gasteiger partial charge in [0.15, 0.2) is 5.79 Å². The van der Waals surface area contributed by atoms with E-state index in [4.69, 9.17) is 14.6 Å². The molecule has 1 aromatic carbocycles. The maximum absolute atomic E-state index is 11.0. The summed E-state index contributed by atoms with van der Waals surface area (Å²) in [5.41, 5.74) is 1.11. The molecule has 5 heteroatoms. The lowest BCUT2D eigenvalue weighted by atomic mass is 10.1. The Kier molecular flexibility index (Phi) is 4.75. The zero-order chi connectivity index (χ0) is 14.6. The van der Waals surface area contributed by atoms with Crippen molar-refractivity contribution in [3.63, 3.8) is 0 Å². The topological polar surface area (TPSA) is 67.8 Å². The average Bonchev–Trinajstić information content (AvgIpc) is 2.76. The number of aliphatic carboxylic acids is 1. The number of ether oxygens (including phenoxy) is 2. The minimum absolute atomic E-state index is 0.0109. The van der Waals surface area contributed by atoms with E-state index in [1.54, 1.807) is 0 Å². The molecule has 0 radical (unpaired) electrons. The van der Waals surface area contributed by atoms with Crippen molar-refractivity contribution in [1.82, 2.24) is 5.32 Å². The minimum Gasteiger partial charge on any atom is -0.481 e. The first kappa shape index (κ1) is 15.0. The third-order valence-corrected chi connectivity index (χ3v) is 3.28. The standard InChI is InChI=1S/C15H21NO4/c1-15(2)19-10-13(20-15)12(8-14(17)18)16-9-11-6-4-3-5-7-11/h3-7,12-13,16H,8-10H2,1-2H3,(H,17,18)/t12-,13-/m1/s1. The first-order valence-corrected chi connectivity index (χ1v) is 6.77. The number of rotatable bonds is 6.